The average Bonchev–Trinajstić information content (AvgIpc) is 2.32. The lowest BCUT2D eigenvalue weighted by Crippen LogP contribution is -2.41. The Labute approximate surface area is 109 Å². The van der Waals surface area contributed by atoms with Crippen LogP contribution in [0.5, 0.6) is 0 Å². The third-order valence-corrected chi connectivity index (χ3v) is 3.29. The maximum Gasteiger partial charge on any atom is 0.507 e. The van der Waals surface area contributed by atoms with Crippen LogP contribution in [-0.2, 0) is 16.0 Å². The van der Waals surface area contributed by atoms with Crippen LogP contribution in [0.15, 0.2) is 12.1 Å². The summed E-state index contributed by atoms with van der Waals surface area (Å²) in [5, 5.41) is 8.77. The highest BCUT2D eigenvalue weighted by molar-refractivity contribution is 5.74. The van der Waals surface area contributed by atoms with Gasteiger partial charge in [0.15, 0.2) is 0 Å². The van der Waals surface area contributed by atoms with Crippen LogP contribution in [0.3, 0.4) is 0 Å². The fourth-order valence-corrected chi connectivity index (χ4v) is 2.39. The van der Waals surface area contributed by atoms with Gasteiger partial charge in [0.05, 0.1) is 5.56 Å². The summed E-state index contributed by atoms with van der Waals surface area (Å²) in [6.45, 7) is 3.43. The van der Waals surface area contributed by atoms with Crippen molar-refractivity contribution in [2.24, 2.45) is 0 Å². The third-order valence-electron chi connectivity index (χ3n) is 3.29. The highest BCUT2D eigenvalue weighted by Gasteiger charge is 2.35. The molecule has 1 aromatic carbocycles. The molecule has 5 nitrogen and oxygen atoms in total. The molecule has 1 aromatic rings. The molecule has 0 aliphatic carbocycles. The van der Waals surface area contributed by atoms with Crippen molar-refractivity contribution < 1.29 is 23.8 Å². The molecule has 1 atom stereocenters. The monoisotopic (exact) mass is 267 g/mol. The normalized spacial score (nSPS) is 17.8. The van der Waals surface area contributed by atoms with Crippen LogP contribution in [0, 0.1) is 12.7 Å². The Hall–Kier alpha value is -2.11. The molecule has 0 spiro atoms. The minimum atomic E-state index is -1.54. The van der Waals surface area contributed by atoms with Gasteiger partial charge >= 0.3 is 6.16 Å². The quantitative estimate of drug-likeness (QED) is 0.792. The molecule has 1 aliphatic heterocycles. The minimum absolute atomic E-state index is 0.142. The first-order valence-corrected chi connectivity index (χ1v) is 5.86. The molecule has 0 radical (unpaired) electrons. The highest BCUT2D eigenvalue weighted by Crippen LogP contribution is 2.34. The van der Waals surface area contributed by atoms with Gasteiger partial charge in [-0.2, -0.15) is 0 Å². The lowest BCUT2D eigenvalue weighted by Gasteiger charge is -2.35. The molecular formula is C13H14FNO4. The third kappa shape index (κ3) is 2.38. The first kappa shape index (κ1) is 13.3. The highest BCUT2D eigenvalue weighted by atomic mass is 19.1. The van der Waals surface area contributed by atoms with Crippen molar-refractivity contribution in [2.75, 3.05) is 6.54 Å². The Kier molecular flexibility index (Phi) is 3.42. The van der Waals surface area contributed by atoms with E-state index in [4.69, 9.17) is 9.84 Å². The smallest absolute Gasteiger partial charge is 0.450 e. The van der Waals surface area contributed by atoms with Gasteiger partial charge in [0.1, 0.15) is 5.82 Å². The molecule has 0 bridgehead atoms. The van der Waals surface area contributed by atoms with Crippen molar-refractivity contribution in [2.45, 2.75) is 26.5 Å². The van der Waals surface area contributed by atoms with E-state index in [1.165, 1.54) is 17.9 Å². The van der Waals surface area contributed by atoms with Crippen LogP contribution in [0.1, 0.15) is 29.8 Å². The van der Waals surface area contributed by atoms with Gasteiger partial charge in [-0.15, -0.1) is 0 Å². The van der Waals surface area contributed by atoms with Crippen molar-refractivity contribution >= 4 is 12.1 Å². The average molecular weight is 267 g/mol. The van der Waals surface area contributed by atoms with E-state index in [2.05, 4.69) is 0 Å². The number of fused-ring (bicyclic) bond motifs is 1. The van der Waals surface area contributed by atoms with Crippen molar-refractivity contribution in [3.63, 3.8) is 0 Å². The number of aryl methyl sites for hydroxylation is 1. The fraction of sp³-hybridized carbons (Fsp3) is 0.385. The van der Waals surface area contributed by atoms with Gasteiger partial charge < -0.3 is 14.7 Å². The number of benzene rings is 1. The van der Waals surface area contributed by atoms with Crippen LogP contribution in [0.2, 0.25) is 0 Å². The molecule has 0 aromatic heterocycles. The van der Waals surface area contributed by atoms with E-state index >= 15 is 0 Å². The summed E-state index contributed by atoms with van der Waals surface area (Å²) in [5.74, 6) is -0.907. The number of halogens is 1. The summed E-state index contributed by atoms with van der Waals surface area (Å²) in [5.41, 5.74) is 1.71. The van der Waals surface area contributed by atoms with Gasteiger partial charge in [0.2, 0.25) is 12.1 Å². The van der Waals surface area contributed by atoms with Crippen LogP contribution in [0.4, 0.5) is 9.18 Å². The molecule has 1 aliphatic rings. The van der Waals surface area contributed by atoms with Gasteiger partial charge in [0.25, 0.3) is 0 Å². The summed E-state index contributed by atoms with van der Waals surface area (Å²) < 4.78 is 18.7. The van der Waals surface area contributed by atoms with Crippen molar-refractivity contribution in [3.8, 4) is 0 Å². The topological polar surface area (TPSA) is 66.8 Å². The van der Waals surface area contributed by atoms with Crippen LogP contribution in [0.25, 0.3) is 0 Å². The molecule has 0 saturated carbocycles. The number of hydrogen-bond donors (Lipinski definition) is 1. The van der Waals surface area contributed by atoms with E-state index < -0.39 is 18.2 Å². The van der Waals surface area contributed by atoms with Crippen molar-refractivity contribution in [1.29, 1.82) is 0 Å². The van der Waals surface area contributed by atoms with Crippen molar-refractivity contribution in [3.05, 3.63) is 34.6 Å². The zero-order chi connectivity index (χ0) is 14.2. The van der Waals surface area contributed by atoms with Gasteiger partial charge in [-0.1, -0.05) is 6.07 Å². The number of carbonyl (C=O) groups excluding carboxylic acids is 1. The second kappa shape index (κ2) is 4.87. The zero-order valence-corrected chi connectivity index (χ0v) is 10.6. The zero-order valence-electron chi connectivity index (χ0n) is 10.6. The Morgan fingerprint density at radius 3 is 2.74 bits per heavy atom. The molecule has 1 N–H and O–H groups in total. The Morgan fingerprint density at radius 2 is 2.16 bits per heavy atom. The van der Waals surface area contributed by atoms with E-state index in [-0.39, 0.29) is 11.5 Å². The maximum atomic E-state index is 14.0. The molecule has 1 heterocycles. The lowest BCUT2D eigenvalue weighted by molar-refractivity contribution is -0.142. The molecule has 0 fully saturated rings. The van der Waals surface area contributed by atoms with Crippen molar-refractivity contribution in [1.82, 2.24) is 4.90 Å². The van der Waals surface area contributed by atoms with E-state index in [1.807, 2.05) is 6.92 Å². The number of hydrogen-bond acceptors (Lipinski definition) is 3. The van der Waals surface area contributed by atoms with Crippen LogP contribution in [-0.4, -0.2) is 28.6 Å². The van der Waals surface area contributed by atoms with Gasteiger partial charge in [-0.05, 0) is 30.5 Å². The van der Waals surface area contributed by atoms with Crippen LogP contribution < -0.4 is 0 Å². The number of rotatable bonds is 1. The number of carbonyl (C=O) groups is 2. The van der Waals surface area contributed by atoms with E-state index in [0.717, 1.165) is 5.56 Å². The molecule has 1 unspecified atom stereocenters. The largest absolute Gasteiger partial charge is 0.507 e. The summed E-state index contributed by atoms with van der Waals surface area (Å²) in [4.78, 5) is 23.5. The van der Waals surface area contributed by atoms with Gasteiger partial charge in [-0.3, -0.25) is 4.79 Å². The molecule has 6 heteroatoms. The lowest BCUT2D eigenvalue weighted by atomic mass is 9.93. The predicted octanol–water partition coefficient (Wildman–Crippen LogP) is 2.23. The second-order valence-electron chi connectivity index (χ2n) is 4.46. The number of ether oxygens (including phenoxy) is 1. The Bertz CT molecular complexity index is 544. The summed E-state index contributed by atoms with van der Waals surface area (Å²) in [6, 6.07) is 2.89. The van der Waals surface area contributed by atoms with E-state index in [9.17, 15) is 14.0 Å². The Morgan fingerprint density at radius 1 is 1.47 bits per heavy atom. The standard InChI is InChI=1S/C13H14FNO4/c1-7-3-4-10(14)11-9(7)5-6-15(8(2)16)12(11)19-13(17)18/h3-4,12H,5-6H2,1-2H3,(H,17,18). The maximum absolute atomic E-state index is 14.0. The summed E-state index contributed by atoms with van der Waals surface area (Å²) in [6.07, 6.45) is -2.26. The number of carboxylic acid groups (broad SMARTS) is 1. The predicted molar refractivity (Wildman–Crippen MR) is 64.1 cm³/mol. The summed E-state index contributed by atoms with van der Waals surface area (Å²) in [7, 11) is 0. The molecule has 1 amide bonds. The first-order chi connectivity index (χ1) is 8.91. The minimum Gasteiger partial charge on any atom is -0.450 e. The molecule has 19 heavy (non-hydrogen) atoms. The van der Waals surface area contributed by atoms with Gasteiger partial charge in [0, 0.05) is 13.5 Å². The summed E-state index contributed by atoms with van der Waals surface area (Å²) >= 11 is 0. The van der Waals surface area contributed by atoms with Crippen LogP contribution >= 0.6 is 0 Å². The molecular weight excluding hydrogens is 253 g/mol. The first-order valence-electron chi connectivity index (χ1n) is 5.86. The molecule has 2 rings (SSSR count). The molecule has 0 saturated heterocycles. The Balaban J connectivity index is 2.54. The van der Waals surface area contributed by atoms with E-state index in [1.54, 1.807) is 6.07 Å². The van der Waals surface area contributed by atoms with E-state index in [0.29, 0.717) is 18.5 Å². The van der Waals surface area contributed by atoms with Gasteiger partial charge in [-0.25, -0.2) is 9.18 Å². The number of amides is 1. The molecule has 102 valence electrons. The number of nitrogens with zero attached hydrogens (tertiary/aromatic N) is 1. The SMILES string of the molecule is CC(=O)N1CCc2c(C)ccc(F)c2C1OC(=O)O. The fourth-order valence-electron chi connectivity index (χ4n) is 2.39. The second-order valence-corrected chi connectivity index (χ2v) is 4.46.